The number of phenolic OH excluding ortho intramolecular Hbond substituents is 1. The van der Waals surface area contributed by atoms with Gasteiger partial charge in [-0.1, -0.05) is 29.3 Å². The molecule has 0 saturated carbocycles. The molecule has 5 heteroatoms. The van der Waals surface area contributed by atoms with Crippen LogP contribution in [0, 0.1) is 14.4 Å². The fraction of sp³-hybridized carbons (Fsp3) is 0.0714. The fourth-order valence-corrected chi connectivity index (χ4v) is 1.81. The first kappa shape index (κ1) is 18.2. The van der Waals surface area contributed by atoms with Crippen molar-refractivity contribution < 1.29 is 29.3 Å². The van der Waals surface area contributed by atoms with E-state index in [1.54, 1.807) is 18.2 Å². The van der Waals surface area contributed by atoms with Gasteiger partial charge in [0, 0.05) is 30.6 Å². The summed E-state index contributed by atoms with van der Waals surface area (Å²) in [7, 11) is 0. The van der Waals surface area contributed by atoms with Crippen molar-refractivity contribution in [2.45, 2.75) is 6.92 Å². The Morgan fingerprint density at radius 3 is 2.32 bits per heavy atom. The van der Waals surface area contributed by atoms with Crippen LogP contribution in [0.4, 0.5) is 0 Å². The SMILES string of the molecule is Cc1ccc(Oc2cc(Cl)ccc2O)c(Cl)c1.[CH3-].[Zn]. The third-order valence-corrected chi connectivity index (χ3v) is 2.76. The van der Waals surface area contributed by atoms with E-state index < -0.39 is 0 Å². The van der Waals surface area contributed by atoms with Crippen LogP contribution in [0.2, 0.25) is 10.0 Å². The third-order valence-electron chi connectivity index (χ3n) is 2.23. The molecule has 2 aromatic carbocycles. The molecule has 0 aliphatic carbocycles. The Bertz CT molecular complexity index is 559. The molecule has 0 unspecified atom stereocenters. The van der Waals surface area contributed by atoms with E-state index in [9.17, 15) is 5.11 Å². The molecule has 2 nitrogen and oxygen atoms in total. The van der Waals surface area contributed by atoms with Crippen molar-refractivity contribution in [2.75, 3.05) is 0 Å². The van der Waals surface area contributed by atoms with Crippen LogP contribution in [-0.2, 0) is 19.5 Å². The minimum absolute atomic E-state index is 0. The molecule has 0 heterocycles. The van der Waals surface area contributed by atoms with Gasteiger partial charge >= 0.3 is 0 Å². The molecule has 2 aromatic rings. The third kappa shape index (κ3) is 4.69. The molecular weight excluding hydrogens is 336 g/mol. The molecule has 0 aromatic heterocycles. The zero-order valence-corrected chi connectivity index (χ0v) is 15.3. The molecule has 0 spiro atoms. The van der Waals surface area contributed by atoms with Crippen molar-refractivity contribution in [3.63, 3.8) is 0 Å². The number of phenols is 1. The van der Waals surface area contributed by atoms with Crippen molar-refractivity contribution in [1.82, 2.24) is 0 Å². The zero-order valence-electron chi connectivity index (χ0n) is 10.8. The van der Waals surface area contributed by atoms with E-state index in [0.29, 0.717) is 15.8 Å². The Labute approximate surface area is 136 Å². The minimum atomic E-state index is 0. The first-order valence-electron chi connectivity index (χ1n) is 4.99. The van der Waals surface area contributed by atoms with Crippen LogP contribution >= 0.6 is 23.2 Å². The van der Waals surface area contributed by atoms with Gasteiger partial charge in [0.25, 0.3) is 0 Å². The normalized spacial score (nSPS) is 9.21. The van der Waals surface area contributed by atoms with Gasteiger partial charge in [0.05, 0.1) is 5.02 Å². The van der Waals surface area contributed by atoms with E-state index in [4.69, 9.17) is 27.9 Å². The molecule has 0 aliphatic rings. The molecule has 0 saturated heterocycles. The fourth-order valence-electron chi connectivity index (χ4n) is 1.38. The zero-order chi connectivity index (χ0) is 12.4. The van der Waals surface area contributed by atoms with Gasteiger partial charge in [-0.25, -0.2) is 0 Å². The van der Waals surface area contributed by atoms with Gasteiger partial charge in [-0.15, -0.1) is 0 Å². The number of ether oxygens (including phenoxy) is 1. The maximum Gasteiger partial charge on any atom is 0.170 e. The predicted molar refractivity (Wildman–Crippen MR) is 75.8 cm³/mol. The molecule has 1 N–H and O–H groups in total. The van der Waals surface area contributed by atoms with Crippen LogP contribution in [0.5, 0.6) is 17.2 Å². The minimum Gasteiger partial charge on any atom is -0.504 e. The molecule has 0 aliphatic heterocycles. The van der Waals surface area contributed by atoms with Crippen molar-refractivity contribution in [2.24, 2.45) is 0 Å². The predicted octanol–water partition coefficient (Wildman–Crippen LogP) is 5.25. The Hall–Kier alpha value is -0.757. The smallest absolute Gasteiger partial charge is 0.170 e. The first-order valence-corrected chi connectivity index (χ1v) is 5.74. The summed E-state index contributed by atoms with van der Waals surface area (Å²) in [6.45, 7) is 1.94. The molecule has 2 rings (SSSR count). The van der Waals surface area contributed by atoms with Gasteiger partial charge in [-0.2, -0.15) is 0 Å². The summed E-state index contributed by atoms with van der Waals surface area (Å²) < 4.78 is 5.51. The van der Waals surface area contributed by atoms with Gasteiger partial charge in [0.1, 0.15) is 5.75 Å². The Kier molecular flexibility index (Phi) is 7.43. The Morgan fingerprint density at radius 1 is 1.00 bits per heavy atom. The van der Waals surface area contributed by atoms with Crippen LogP contribution in [0.1, 0.15) is 5.56 Å². The van der Waals surface area contributed by atoms with Crippen molar-refractivity contribution >= 4 is 23.2 Å². The number of aryl methyl sites for hydroxylation is 1. The average molecular weight is 350 g/mol. The number of halogens is 2. The van der Waals surface area contributed by atoms with Crippen LogP contribution in [0.3, 0.4) is 0 Å². The van der Waals surface area contributed by atoms with E-state index in [2.05, 4.69) is 0 Å². The summed E-state index contributed by atoms with van der Waals surface area (Å²) in [5, 5.41) is 10.6. The number of rotatable bonds is 2. The summed E-state index contributed by atoms with van der Waals surface area (Å²) in [6.07, 6.45) is 0. The number of benzene rings is 2. The van der Waals surface area contributed by atoms with E-state index in [1.807, 2.05) is 13.0 Å². The summed E-state index contributed by atoms with van der Waals surface area (Å²) in [4.78, 5) is 0. The van der Waals surface area contributed by atoms with E-state index in [-0.39, 0.29) is 38.4 Å². The number of aromatic hydroxyl groups is 1. The van der Waals surface area contributed by atoms with Gasteiger partial charge in [-0.3, -0.25) is 0 Å². The van der Waals surface area contributed by atoms with Crippen molar-refractivity contribution in [3.8, 4) is 17.2 Å². The van der Waals surface area contributed by atoms with Crippen molar-refractivity contribution in [3.05, 3.63) is 59.4 Å². The Morgan fingerprint density at radius 2 is 1.68 bits per heavy atom. The molecule has 98 valence electrons. The standard InChI is InChI=1S/C13H10Cl2O2.CH3.Zn/c1-8-2-5-12(10(15)6-8)17-13-7-9(14)3-4-11(13)16;;/h2-7,16H,1H3;1H3;/q;-1;. The molecule has 0 atom stereocenters. The number of hydrogen-bond donors (Lipinski definition) is 1. The largest absolute Gasteiger partial charge is 0.504 e. The van der Waals surface area contributed by atoms with E-state index in [0.717, 1.165) is 5.56 Å². The van der Waals surface area contributed by atoms with Gasteiger partial charge in [0.15, 0.2) is 11.5 Å². The van der Waals surface area contributed by atoms with E-state index in [1.165, 1.54) is 12.1 Å². The van der Waals surface area contributed by atoms with E-state index >= 15 is 0 Å². The average Bonchev–Trinajstić information content (AvgIpc) is 2.27. The number of hydrogen-bond acceptors (Lipinski definition) is 2. The van der Waals surface area contributed by atoms with Gasteiger partial charge in [-0.05, 0) is 36.8 Å². The Balaban J connectivity index is 0.00000162. The molecule has 0 fully saturated rings. The second-order valence-electron chi connectivity index (χ2n) is 3.65. The second-order valence-corrected chi connectivity index (χ2v) is 4.49. The molecule has 19 heavy (non-hydrogen) atoms. The maximum absolute atomic E-state index is 9.62. The topological polar surface area (TPSA) is 29.5 Å². The summed E-state index contributed by atoms with van der Waals surface area (Å²) >= 11 is 11.9. The monoisotopic (exact) mass is 347 g/mol. The van der Waals surface area contributed by atoms with Crippen LogP contribution < -0.4 is 4.74 Å². The first-order chi connectivity index (χ1) is 8.06. The molecule has 0 radical (unpaired) electrons. The van der Waals surface area contributed by atoms with Crippen molar-refractivity contribution in [1.29, 1.82) is 0 Å². The van der Waals surface area contributed by atoms with Crippen LogP contribution in [0.25, 0.3) is 0 Å². The molecule has 0 amide bonds. The molecular formula is C14H13Cl2O2Zn-. The molecule has 0 bridgehead atoms. The van der Waals surface area contributed by atoms with Crippen LogP contribution in [-0.4, -0.2) is 5.11 Å². The van der Waals surface area contributed by atoms with Gasteiger partial charge < -0.3 is 17.3 Å². The van der Waals surface area contributed by atoms with Gasteiger partial charge in [0.2, 0.25) is 0 Å². The summed E-state index contributed by atoms with van der Waals surface area (Å²) in [6, 6.07) is 10.0. The second kappa shape index (κ2) is 7.74. The quantitative estimate of drug-likeness (QED) is 0.593. The van der Waals surface area contributed by atoms with Crippen LogP contribution in [0.15, 0.2) is 36.4 Å². The summed E-state index contributed by atoms with van der Waals surface area (Å²) in [5.74, 6) is 0.782. The maximum atomic E-state index is 9.62. The summed E-state index contributed by atoms with van der Waals surface area (Å²) in [5.41, 5.74) is 1.04.